The van der Waals surface area contributed by atoms with Gasteiger partial charge in [0.1, 0.15) is 0 Å². The van der Waals surface area contributed by atoms with E-state index < -0.39 is 10.0 Å². The number of piperidine rings is 1. The minimum absolute atomic E-state index is 0.175. The third-order valence-electron chi connectivity index (χ3n) is 7.78. The second-order valence-corrected chi connectivity index (χ2v) is 11.8. The van der Waals surface area contributed by atoms with Gasteiger partial charge in [0.25, 0.3) is 0 Å². The molecule has 0 radical (unpaired) electrons. The molecule has 2 bridgehead atoms. The molecule has 3 aliphatic rings. The standard InChI is InChI=1S/C26H35N3O2S/c1-32(30,31)27-23-7-4-6-22(18-23)26-13-5-8-25(19-26)29(17-14-26)20-21-9-11-24(12-10-21)28-15-2-3-16-28/h4,6-7,9-12,18,25,27H,2-3,5,8,13-17,19-20H2,1H3. The van der Waals surface area contributed by atoms with Crippen LogP contribution in [0.2, 0.25) is 0 Å². The topological polar surface area (TPSA) is 52.7 Å². The van der Waals surface area contributed by atoms with E-state index in [-0.39, 0.29) is 5.41 Å². The quantitative estimate of drug-likeness (QED) is 0.686. The fourth-order valence-electron chi connectivity index (χ4n) is 6.17. The predicted octanol–water partition coefficient (Wildman–Crippen LogP) is 4.74. The average Bonchev–Trinajstić information content (AvgIpc) is 3.31. The lowest BCUT2D eigenvalue weighted by atomic mass is 9.63. The Morgan fingerprint density at radius 2 is 1.78 bits per heavy atom. The van der Waals surface area contributed by atoms with E-state index in [1.807, 2.05) is 12.1 Å². The van der Waals surface area contributed by atoms with Crippen molar-refractivity contribution in [1.29, 1.82) is 0 Å². The van der Waals surface area contributed by atoms with Gasteiger partial charge in [0.05, 0.1) is 6.26 Å². The van der Waals surface area contributed by atoms with Crippen molar-refractivity contribution in [2.45, 2.75) is 62.9 Å². The number of likely N-dealkylation sites (tertiary alicyclic amines) is 1. The Bertz CT molecular complexity index is 1050. The molecule has 0 amide bonds. The van der Waals surface area contributed by atoms with Crippen molar-refractivity contribution in [3.05, 3.63) is 59.7 Å². The molecule has 3 fully saturated rings. The molecule has 2 atom stereocenters. The molecule has 6 heteroatoms. The van der Waals surface area contributed by atoms with Crippen LogP contribution in [0.5, 0.6) is 0 Å². The van der Waals surface area contributed by atoms with Crippen LogP contribution in [0.15, 0.2) is 48.5 Å². The monoisotopic (exact) mass is 453 g/mol. The van der Waals surface area contributed by atoms with Gasteiger partial charge in [-0.25, -0.2) is 8.42 Å². The van der Waals surface area contributed by atoms with E-state index in [1.165, 1.54) is 74.7 Å². The third kappa shape index (κ3) is 4.67. The number of sulfonamides is 1. The highest BCUT2D eigenvalue weighted by Crippen LogP contribution is 2.47. The lowest BCUT2D eigenvalue weighted by molar-refractivity contribution is 0.0459. The zero-order valence-corrected chi connectivity index (χ0v) is 19.9. The summed E-state index contributed by atoms with van der Waals surface area (Å²) in [6, 6.07) is 17.9. The predicted molar refractivity (Wildman–Crippen MR) is 132 cm³/mol. The molecule has 5 nitrogen and oxygen atoms in total. The van der Waals surface area contributed by atoms with Crippen LogP contribution in [-0.2, 0) is 22.0 Å². The molecule has 2 aromatic carbocycles. The van der Waals surface area contributed by atoms with Crippen molar-refractivity contribution in [3.8, 4) is 0 Å². The Balaban J connectivity index is 1.28. The van der Waals surface area contributed by atoms with Crippen LogP contribution >= 0.6 is 0 Å². The van der Waals surface area contributed by atoms with E-state index in [9.17, 15) is 8.42 Å². The maximum atomic E-state index is 11.7. The molecular formula is C26H35N3O2S. The van der Waals surface area contributed by atoms with Gasteiger partial charge < -0.3 is 4.90 Å². The van der Waals surface area contributed by atoms with Gasteiger partial charge in [-0.1, -0.05) is 30.7 Å². The zero-order chi connectivity index (χ0) is 22.2. The van der Waals surface area contributed by atoms with E-state index in [2.05, 4.69) is 50.9 Å². The van der Waals surface area contributed by atoms with Gasteiger partial charge in [-0.05, 0) is 85.9 Å². The Hall–Kier alpha value is -2.05. The van der Waals surface area contributed by atoms with Gasteiger partial charge in [0.15, 0.2) is 0 Å². The molecule has 2 aliphatic heterocycles. The highest BCUT2D eigenvalue weighted by Gasteiger charge is 2.43. The molecule has 2 aromatic rings. The van der Waals surface area contributed by atoms with Crippen LogP contribution in [0.4, 0.5) is 11.4 Å². The summed E-state index contributed by atoms with van der Waals surface area (Å²) in [7, 11) is -3.26. The molecule has 32 heavy (non-hydrogen) atoms. The number of hydrogen-bond acceptors (Lipinski definition) is 4. The van der Waals surface area contributed by atoms with Crippen LogP contribution in [-0.4, -0.2) is 45.2 Å². The molecule has 1 saturated carbocycles. The fraction of sp³-hybridized carbons (Fsp3) is 0.538. The minimum Gasteiger partial charge on any atom is -0.372 e. The molecule has 2 heterocycles. The number of nitrogens with one attached hydrogen (secondary N) is 1. The molecule has 1 N–H and O–H groups in total. The van der Waals surface area contributed by atoms with E-state index in [0.717, 1.165) is 19.5 Å². The number of benzene rings is 2. The smallest absolute Gasteiger partial charge is 0.229 e. The van der Waals surface area contributed by atoms with Crippen LogP contribution in [0.3, 0.4) is 0 Å². The highest BCUT2D eigenvalue weighted by atomic mass is 32.2. The summed E-state index contributed by atoms with van der Waals surface area (Å²) < 4.78 is 26.0. The summed E-state index contributed by atoms with van der Waals surface area (Å²) in [6.45, 7) is 4.51. The summed E-state index contributed by atoms with van der Waals surface area (Å²) >= 11 is 0. The summed E-state index contributed by atoms with van der Waals surface area (Å²) in [4.78, 5) is 5.17. The summed E-state index contributed by atoms with van der Waals surface area (Å²) in [5, 5.41) is 0. The number of fused-ring (bicyclic) bond motifs is 2. The molecule has 1 aliphatic carbocycles. The second kappa shape index (κ2) is 8.71. The van der Waals surface area contributed by atoms with Crippen molar-refractivity contribution in [2.24, 2.45) is 0 Å². The third-order valence-corrected chi connectivity index (χ3v) is 8.39. The highest BCUT2D eigenvalue weighted by molar-refractivity contribution is 7.92. The number of nitrogens with zero attached hydrogens (tertiary/aromatic N) is 2. The van der Waals surface area contributed by atoms with Gasteiger partial charge in [-0.15, -0.1) is 0 Å². The normalized spacial score (nSPS) is 26.3. The fourth-order valence-corrected chi connectivity index (χ4v) is 6.73. The number of anilines is 2. The molecule has 2 saturated heterocycles. The lowest BCUT2D eigenvalue weighted by Crippen LogP contribution is -2.51. The van der Waals surface area contributed by atoms with Crippen molar-refractivity contribution < 1.29 is 8.42 Å². The Morgan fingerprint density at radius 1 is 1.00 bits per heavy atom. The van der Waals surface area contributed by atoms with Gasteiger partial charge in [0.2, 0.25) is 10.0 Å². The molecule has 0 aromatic heterocycles. The first-order valence-electron chi connectivity index (χ1n) is 12.1. The Labute approximate surface area is 192 Å². The van der Waals surface area contributed by atoms with Crippen molar-refractivity contribution in [3.63, 3.8) is 0 Å². The van der Waals surface area contributed by atoms with Crippen molar-refractivity contribution in [1.82, 2.24) is 4.90 Å². The molecule has 2 unspecified atom stereocenters. The number of rotatable bonds is 6. The Kier molecular flexibility index (Phi) is 5.93. The van der Waals surface area contributed by atoms with E-state index in [1.54, 1.807) is 0 Å². The van der Waals surface area contributed by atoms with Crippen LogP contribution < -0.4 is 9.62 Å². The van der Waals surface area contributed by atoms with Crippen LogP contribution in [0.1, 0.15) is 56.1 Å². The molecule has 0 spiro atoms. The van der Waals surface area contributed by atoms with Gasteiger partial charge in [-0.3, -0.25) is 9.62 Å². The summed E-state index contributed by atoms with van der Waals surface area (Å²) in [6.07, 6.45) is 9.83. The van der Waals surface area contributed by atoms with Crippen molar-refractivity contribution >= 4 is 21.4 Å². The van der Waals surface area contributed by atoms with Gasteiger partial charge in [-0.2, -0.15) is 0 Å². The maximum absolute atomic E-state index is 11.7. The SMILES string of the molecule is CS(=O)(=O)Nc1cccc(C23CCCC(C2)N(Cc2ccc(N4CCCC4)cc2)CC3)c1. The van der Waals surface area contributed by atoms with E-state index >= 15 is 0 Å². The summed E-state index contributed by atoms with van der Waals surface area (Å²) in [5.74, 6) is 0. The van der Waals surface area contributed by atoms with Crippen LogP contribution in [0, 0.1) is 0 Å². The largest absolute Gasteiger partial charge is 0.372 e. The van der Waals surface area contributed by atoms with Crippen LogP contribution in [0.25, 0.3) is 0 Å². The van der Waals surface area contributed by atoms with Crippen molar-refractivity contribution in [2.75, 3.05) is 35.5 Å². The summed E-state index contributed by atoms with van der Waals surface area (Å²) in [5.41, 5.74) is 4.93. The number of hydrogen-bond donors (Lipinski definition) is 1. The maximum Gasteiger partial charge on any atom is 0.229 e. The van der Waals surface area contributed by atoms with Gasteiger partial charge in [0, 0.05) is 37.1 Å². The van der Waals surface area contributed by atoms with Gasteiger partial charge >= 0.3 is 0 Å². The first-order valence-corrected chi connectivity index (χ1v) is 14.0. The lowest BCUT2D eigenvalue weighted by Gasteiger charge is -2.51. The molecule has 5 rings (SSSR count). The first kappa shape index (κ1) is 21.8. The second-order valence-electron chi connectivity index (χ2n) is 10.1. The van der Waals surface area contributed by atoms with E-state index in [0.29, 0.717) is 11.7 Å². The zero-order valence-electron chi connectivity index (χ0n) is 19.1. The first-order chi connectivity index (χ1) is 15.4. The molecular weight excluding hydrogens is 418 g/mol. The van der Waals surface area contributed by atoms with E-state index in [4.69, 9.17) is 0 Å². The minimum atomic E-state index is -3.26. The average molecular weight is 454 g/mol. The molecule has 172 valence electrons. The Morgan fingerprint density at radius 3 is 2.53 bits per heavy atom.